The van der Waals surface area contributed by atoms with Gasteiger partial charge in [-0.25, -0.2) is 23.3 Å². The molecule has 0 N–H and O–H groups in total. The molecule has 11 nitrogen and oxygen atoms in total. The molecular weight excluding hydrogens is 564 g/mol. The number of rotatable bonds is 9. The third-order valence-corrected chi connectivity index (χ3v) is 8.42. The van der Waals surface area contributed by atoms with Gasteiger partial charge in [-0.05, 0) is 12.1 Å². The van der Waals surface area contributed by atoms with Gasteiger partial charge < -0.3 is 14.1 Å². The molecule has 1 aliphatic heterocycles. The predicted octanol–water partition coefficient (Wildman–Crippen LogP) is 2.62. The van der Waals surface area contributed by atoms with Crippen molar-refractivity contribution in [3.63, 3.8) is 0 Å². The molecule has 1 unspecified atom stereocenters. The first-order chi connectivity index (χ1) is 19.4. The number of benzene rings is 1. The van der Waals surface area contributed by atoms with E-state index in [1.165, 1.54) is 23.2 Å². The zero-order valence-corrected chi connectivity index (χ0v) is 23.1. The van der Waals surface area contributed by atoms with E-state index in [0.29, 0.717) is 66.8 Å². The van der Waals surface area contributed by atoms with E-state index in [1.54, 1.807) is 23.0 Å². The number of halogens is 2. The minimum absolute atomic E-state index is 0.0569. The van der Waals surface area contributed by atoms with Gasteiger partial charge in [0.2, 0.25) is 5.82 Å². The van der Waals surface area contributed by atoms with Crippen molar-refractivity contribution in [2.75, 3.05) is 56.2 Å². The molecule has 0 amide bonds. The Labute approximate surface area is 233 Å². The molecule has 4 aromatic heterocycles. The minimum Gasteiger partial charge on any atom is -0.489 e. The molecule has 210 valence electrons. The van der Waals surface area contributed by atoms with Crippen LogP contribution in [0.25, 0.3) is 27.6 Å². The van der Waals surface area contributed by atoms with Crippen molar-refractivity contribution >= 4 is 43.8 Å². The zero-order valence-electron chi connectivity index (χ0n) is 21.5. The van der Waals surface area contributed by atoms with Crippen molar-refractivity contribution in [3.8, 4) is 17.3 Å². The van der Waals surface area contributed by atoms with Crippen molar-refractivity contribution in [1.82, 2.24) is 29.0 Å². The van der Waals surface area contributed by atoms with Crippen LogP contribution in [0.3, 0.4) is 0 Å². The van der Waals surface area contributed by atoms with Gasteiger partial charge in [-0.2, -0.15) is 0 Å². The number of nitrogens with zero attached hydrogens (tertiary/aromatic N) is 7. The molecule has 15 heteroatoms. The summed E-state index contributed by atoms with van der Waals surface area (Å²) in [5, 5.41) is 4.40. The van der Waals surface area contributed by atoms with Gasteiger partial charge >= 0.3 is 4.87 Å². The van der Waals surface area contributed by atoms with Crippen LogP contribution < -0.4 is 14.5 Å². The van der Waals surface area contributed by atoms with E-state index in [4.69, 9.17) is 9.15 Å². The van der Waals surface area contributed by atoms with Crippen LogP contribution in [0.15, 0.2) is 46.1 Å². The molecule has 0 aliphatic carbocycles. The summed E-state index contributed by atoms with van der Waals surface area (Å²) in [7, 11) is -1.07. The van der Waals surface area contributed by atoms with Gasteiger partial charge in [-0.15, -0.1) is 5.10 Å². The second kappa shape index (κ2) is 11.1. The number of hydrogen-bond donors (Lipinski definition) is 0. The summed E-state index contributed by atoms with van der Waals surface area (Å²) in [4.78, 5) is 25.8. The SMILES string of the molecule is CS(=O)CCOc1cc(N2CCN(CCn3c(=O)sc4c3ncn3nc(-c5ccco5)nc43)CC2)c(F)cc1F. The number of furan rings is 1. The highest BCUT2D eigenvalue weighted by molar-refractivity contribution is 7.84. The average Bonchev–Trinajstić information content (AvgIpc) is 3.67. The summed E-state index contributed by atoms with van der Waals surface area (Å²) >= 11 is 1.08. The number of thiazole rings is 1. The first-order valence-corrected chi connectivity index (χ1v) is 15.1. The van der Waals surface area contributed by atoms with E-state index in [2.05, 4.69) is 20.0 Å². The van der Waals surface area contributed by atoms with Crippen LogP contribution in [0.1, 0.15) is 0 Å². The Hall–Kier alpha value is -3.69. The zero-order chi connectivity index (χ0) is 27.8. The molecule has 5 heterocycles. The molecule has 0 spiro atoms. The topological polar surface area (TPSA) is 111 Å². The lowest BCUT2D eigenvalue weighted by Gasteiger charge is -2.36. The first-order valence-electron chi connectivity index (χ1n) is 12.5. The lowest BCUT2D eigenvalue weighted by Crippen LogP contribution is -2.47. The van der Waals surface area contributed by atoms with E-state index in [-0.39, 0.29) is 28.7 Å². The molecule has 1 aromatic carbocycles. The van der Waals surface area contributed by atoms with Crippen LogP contribution in [0.5, 0.6) is 5.75 Å². The molecule has 1 atom stereocenters. The lowest BCUT2D eigenvalue weighted by molar-refractivity contribution is 0.247. The maximum atomic E-state index is 14.6. The number of hydrogen-bond acceptors (Lipinski definition) is 10. The molecule has 1 aliphatic rings. The molecule has 40 heavy (non-hydrogen) atoms. The van der Waals surface area contributed by atoms with Crippen LogP contribution in [0.2, 0.25) is 0 Å². The number of aromatic nitrogens is 5. The van der Waals surface area contributed by atoms with Gasteiger partial charge in [0.25, 0.3) is 0 Å². The molecule has 5 aromatic rings. The highest BCUT2D eigenvalue weighted by atomic mass is 32.2. The molecule has 0 bridgehead atoms. The third-order valence-electron chi connectivity index (χ3n) is 6.72. The largest absolute Gasteiger partial charge is 0.489 e. The summed E-state index contributed by atoms with van der Waals surface area (Å²) in [6.07, 6.45) is 4.62. The summed E-state index contributed by atoms with van der Waals surface area (Å²) in [6.45, 7) is 3.43. The Morgan fingerprint density at radius 3 is 2.70 bits per heavy atom. The molecular formula is C25H25F2N7O4S2. The van der Waals surface area contributed by atoms with Gasteiger partial charge in [-0.3, -0.25) is 18.5 Å². The second-order valence-electron chi connectivity index (χ2n) is 9.29. The normalized spacial score (nSPS) is 15.3. The summed E-state index contributed by atoms with van der Waals surface area (Å²) in [5.74, 6) is -0.296. The van der Waals surface area contributed by atoms with Gasteiger partial charge in [0, 0.05) is 68.5 Å². The fourth-order valence-corrected chi connectivity index (χ4v) is 5.91. The minimum atomic E-state index is -1.07. The van der Waals surface area contributed by atoms with E-state index in [1.807, 2.05) is 4.90 Å². The molecule has 6 rings (SSSR count). The van der Waals surface area contributed by atoms with Crippen molar-refractivity contribution in [2.45, 2.75) is 6.54 Å². The van der Waals surface area contributed by atoms with Crippen molar-refractivity contribution in [3.05, 3.63) is 58.2 Å². The van der Waals surface area contributed by atoms with Crippen LogP contribution in [-0.2, 0) is 17.3 Å². The Morgan fingerprint density at radius 1 is 1.12 bits per heavy atom. The molecule has 1 fully saturated rings. The van der Waals surface area contributed by atoms with Gasteiger partial charge in [0.15, 0.2) is 28.6 Å². The quantitative estimate of drug-likeness (QED) is 0.256. The Balaban J connectivity index is 1.12. The van der Waals surface area contributed by atoms with E-state index in [9.17, 15) is 17.8 Å². The van der Waals surface area contributed by atoms with E-state index in [0.717, 1.165) is 17.4 Å². The van der Waals surface area contributed by atoms with E-state index >= 15 is 0 Å². The maximum Gasteiger partial charge on any atom is 0.309 e. The highest BCUT2D eigenvalue weighted by Crippen LogP contribution is 2.29. The van der Waals surface area contributed by atoms with Crippen molar-refractivity contribution in [1.29, 1.82) is 0 Å². The fraction of sp³-hybridized carbons (Fsp3) is 0.360. The van der Waals surface area contributed by atoms with Gasteiger partial charge in [0.05, 0.1) is 24.3 Å². The monoisotopic (exact) mass is 589 g/mol. The van der Waals surface area contributed by atoms with Crippen molar-refractivity contribution in [2.24, 2.45) is 0 Å². The van der Waals surface area contributed by atoms with Gasteiger partial charge in [-0.1, -0.05) is 11.3 Å². The number of piperazine rings is 1. The number of fused-ring (bicyclic) bond motifs is 3. The first kappa shape index (κ1) is 26.5. The number of ether oxygens (including phenoxy) is 1. The lowest BCUT2D eigenvalue weighted by atomic mass is 10.2. The van der Waals surface area contributed by atoms with Crippen LogP contribution in [0, 0.1) is 11.6 Å². The summed E-state index contributed by atoms with van der Waals surface area (Å²) in [6, 6.07) is 5.71. The Morgan fingerprint density at radius 2 is 1.95 bits per heavy atom. The summed E-state index contributed by atoms with van der Waals surface area (Å²) in [5.41, 5.74) is 1.36. The Kier molecular flexibility index (Phi) is 7.33. The number of anilines is 1. The Bertz CT molecular complexity index is 1740. The van der Waals surface area contributed by atoms with Crippen LogP contribution in [0.4, 0.5) is 14.5 Å². The third kappa shape index (κ3) is 5.23. The smallest absolute Gasteiger partial charge is 0.309 e. The standard InChI is InChI=1S/C25H25F2N7O4S2/c1-40(36)12-11-38-20-14-18(16(26)13-17(20)27)32-7-4-31(5-8-32)6-9-33-23-21(39-25(33)35)24-29-22(19-3-2-10-37-19)30-34(24)15-28-23/h2-3,10,13-15H,4-9,11-12H2,1H3. The molecule has 1 saturated heterocycles. The summed E-state index contributed by atoms with van der Waals surface area (Å²) < 4.78 is 54.7. The maximum absolute atomic E-state index is 14.6. The van der Waals surface area contributed by atoms with Crippen molar-refractivity contribution < 1.29 is 22.1 Å². The van der Waals surface area contributed by atoms with Crippen LogP contribution >= 0.6 is 11.3 Å². The van der Waals surface area contributed by atoms with Crippen LogP contribution in [-0.4, -0.2) is 84.6 Å². The highest BCUT2D eigenvalue weighted by Gasteiger charge is 2.23. The predicted molar refractivity (Wildman–Crippen MR) is 148 cm³/mol. The fourth-order valence-electron chi connectivity index (χ4n) is 4.64. The van der Waals surface area contributed by atoms with E-state index < -0.39 is 22.4 Å². The second-order valence-corrected chi connectivity index (χ2v) is 11.8. The van der Waals surface area contributed by atoms with Gasteiger partial charge in [0.1, 0.15) is 16.8 Å². The molecule has 0 radical (unpaired) electrons. The average molecular weight is 590 g/mol. The molecule has 0 saturated carbocycles.